The van der Waals surface area contributed by atoms with Crippen molar-refractivity contribution in [2.45, 2.75) is 13.0 Å². The summed E-state index contributed by atoms with van der Waals surface area (Å²) in [5.74, 6) is 0.845. The monoisotopic (exact) mass is 522 g/mol. The molecule has 1 unspecified atom stereocenters. The smallest absolute Gasteiger partial charge is 0.179 e. The first kappa shape index (κ1) is 28.1. The van der Waals surface area contributed by atoms with Crippen molar-refractivity contribution in [3.8, 4) is 5.75 Å². The van der Waals surface area contributed by atoms with E-state index in [-0.39, 0.29) is 42.4 Å². The lowest BCUT2D eigenvalue weighted by molar-refractivity contribution is 0.0662. The molecule has 34 heavy (non-hydrogen) atoms. The number of Topliss-reactive ketones (excluding diaryl/α,β-unsaturated/α-hetero) is 2. The minimum atomic E-state index is -0.229. The number of halogens is 3. The molecule has 3 aromatic carbocycles. The number of fused-ring (bicyclic) bond motifs is 1. The Balaban J connectivity index is 0.00000204. The third-order valence-electron chi connectivity index (χ3n) is 6.22. The molecule has 0 N–H and O–H groups in total. The summed E-state index contributed by atoms with van der Waals surface area (Å²) in [6, 6.07) is 18.5. The fraction of sp³-hybridized carbons (Fsp3) is 0.308. The van der Waals surface area contributed by atoms with Gasteiger partial charge in [0.2, 0.25) is 0 Å². The van der Waals surface area contributed by atoms with Crippen LogP contribution in [-0.2, 0) is 0 Å². The van der Waals surface area contributed by atoms with Gasteiger partial charge in [0.15, 0.2) is 11.6 Å². The van der Waals surface area contributed by atoms with Gasteiger partial charge in [0.05, 0.1) is 24.7 Å². The van der Waals surface area contributed by atoms with E-state index in [1.54, 1.807) is 7.11 Å². The Labute approximate surface area is 217 Å². The molecule has 0 aromatic heterocycles. The Hall–Kier alpha value is -2.15. The number of nitrogens with zero attached hydrogens (tertiary/aromatic N) is 2. The molecule has 8 heteroatoms. The third-order valence-corrected chi connectivity index (χ3v) is 6.61. The van der Waals surface area contributed by atoms with Gasteiger partial charge in [-0.25, -0.2) is 0 Å². The van der Waals surface area contributed by atoms with E-state index in [1.807, 2.05) is 67.6 Å². The van der Waals surface area contributed by atoms with Crippen LogP contribution in [0, 0.1) is 0 Å². The predicted octanol–water partition coefficient (Wildman–Crippen LogP) is 5.42. The highest BCUT2D eigenvalue weighted by Gasteiger charge is 2.27. The second-order valence-electron chi connectivity index (χ2n) is 8.16. The van der Waals surface area contributed by atoms with E-state index in [2.05, 4.69) is 9.80 Å². The average molecular weight is 524 g/mol. The zero-order chi connectivity index (χ0) is 22.7. The van der Waals surface area contributed by atoms with E-state index in [4.69, 9.17) is 16.3 Å². The van der Waals surface area contributed by atoms with E-state index in [9.17, 15) is 9.59 Å². The van der Waals surface area contributed by atoms with Crippen molar-refractivity contribution in [2.75, 3.05) is 39.8 Å². The van der Waals surface area contributed by atoms with Gasteiger partial charge in [-0.3, -0.25) is 19.4 Å². The molecule has 1 aliphatic heterocycles. The topological polar surface area (TPSA) is 49.9 Å². The van der Waals surface area contributed by atoms with Crippen molar-refractivity contribution in [3.05, 3.63) is 76.8 Å². The Bertz CT molecular complexity index is 1130. The summed E-state index contributed by atoms with van der Waals surface area (Å²) in [7, 11) is 1.59. The first-order valence-corrected chi connectivity index (χ1v) is 11.2. The van der Waals surface area contributed by atoms with Gasteiger partial charge in [-0.15, -0.1) is 24.8 Å². The normalized spacial score (nSPS) is 15.1. The van der Waals surface area contributed by atoms with Gasteiger partial charge in [0.1, 0.15) is 5.75 Å². The molecule has 3 aromatic rings. The zero-order valence-electron chi connectivity index (χ0n) is 19.2. The number of benzene rings is 3. The number of piperazine rings is 1. The van der Waals surface area contributed by atoms with Gasteiger partial charge >= 0.3 is 0 Å². The number of methoxy groups -OCH3 is 1. The summed E-state index contributed by atoms with van der Waals surface area (Å²) in [4.78, 5) is 30.0. The maximum atomic E-state index is 13.2. The minimum Gasteiger partial charge on any atom is -0.495 e. The number of hydrogen-bond acceptors (Lipinski definition) is 5. The number of carbonyl (C=O) groups is 2. The fourth-order valence-electron chi connectivity index (χ4n) is 4.22. The Morgan fingerprint density at radius 1 is 0.941 bits per heavy atom. The van der Waals surface area contributed by atoms with E-state index in [0.29, 0.717) is 22.9 Å². The van der Waals surface area contributed by atoms with Crippen LogP contribution < -0.4 is 4.74 Å². The first-order valence-electron chi connectivity index (χ1n) is 10.8. The molecule has 1 atom stereocenters. The van der Waals surface area contributed by atoms with Crippen LogP contribution in [0.2, 0.25) is 5.02 Å². The third kappa shape index (κ3) is 6.09. The molecule has 0 radical (unpaired) electrons. The van der Waals surface area contributed by atoms with Crippen LogP contribution >= 0.6 is 36.4 Å². The second-order valence-corrected chi connectivity index (χ2v) is 8.54. The van der Waals surface area contributed by atoms with Gasteiger partial charge in [0, 0.05) is 42.7 Å². The van der Waals surface area contributed by atoms with Crippen LogP contribution in [0.3, 0.4) is 0 Å². The highest BCUT2D eigenvalue weighted by atomic mass is 35.5. The Morgan fingerprint density at radius 3 is 2.26 bits per heavy atom. The van der Waals surface area contributed by atoms with Crippen molar-refractivity contribution in [2.24, 2.45) is 0 Å². The number of carbonyl (C=O) groups excluding carboxylic acids is 2. The number of ether oxygens (including phenoxy) is 1. The second kappa shape index (κ2) is 12.5. The lowest BCUT2D eigenvalue weighted by atomic mass is 9.99. The SMILES string of the molecule is COc1ccc2cc(C(=O)C(C)N3CCN(CC(=O)c4ccccc4)CC3)ccc2c1Cl.Cl.Cl. The molecule has 1 aliphatic rings. The fourth-order valence-corrected chi connectivity index (χ4v) is 4.53. The highest BCUT2D eigenvalue weighted by Crippen LogP contribution is 2.33. The molecule has 182 valence electrons. The molecule has 5 nitrogen and oxygen atoms in total. The van der Waals surface area contributed by atoms with Gasteiger partial charge in [-0.2, -0.15) is 0 Å². The van der Waals surface area contributed by atoms with Crippen molar-refractivity contribution >= 4 is 58.8 Å². The van der Waals surface area contributed by atoms with Crippen LogP contribution in [0.4, 0.5) is 0 Å². The van der Waals surface area contributed by atoms with Crippen LogP contribution in [0.1, 0.15) is 27.6 Å². The maximum absolute atomic E-state index is 13.2. The molecule has 1 fully saturated rings. The maximum Gasteiger partial charge on any atom is 0.179 e. The van der Waals surface area contributed by atoms with E-state index >= 15 is 0 Å². The highest BCUT2D eigenvalue weighted by molar-refractivity contribution is 6.37. The molecule has 0 spiro atoms. The summed E-state index contributed by atoms with van der Waals surface area (Å²) < 4.78 is 5.28. The van der Waals surface area contributed by atoms with Crippen LogP contribution in [0.15, 0.2) is 60.7 Å². The van der Waals surface area contributed by atoms with Gasteiger partial charge in [-0.05, 0) is 24.4 Å². The van der Waals surface area contributed by atoms with E-state index in [0.717, 1.165) is 42.5 Å². The van der Waals surface area contributed by atoms with Crippen LogP contribution in [-0.4, -0.2) is 67.2 Å². The molecule has 0 saturated carbocycles. The standard InChI is InChI=1S/C26H27ClN2O3.2ClH/c1-18(26(31)21-8-10-22-20(16-21)9-11-24(32-2)25(22)27)29-14-12-28(13-15-29)17-23(30)19-6-4-3-5-7-19;;/h3-11,16,18H,12-15,17H2,1-2H3;2*1H. The molecule has 1 heterocycles. The number of ketones is 2. The largest absolute Gasteiger partial charge is 0.495 e. The summed E-state index contributed by atoms with van der Waals surface area (Å²) in [6.07, 6.45) is 0. The molecular weight excluding hydrogens is 495 g/mol. The summed E-state index contributed by atoms with van der Waals surface area (Å²) in [6.45, 7) is 5.41. The number of hydrogen-bond donors (Lipinski definition) is 0. The lowest BCUT2D eigenvalue weighted by Crippen LogP contribution is -2.52. The van der Waals surface area contributed by atoms with Crippen molar-refractivity contribution in [1.29, 1.82) is 0 Å². The minimum absolute atomic E-state index is 0. The van der Waals surface area contributed by atoms with Crippen LogP contribution in [0.5, 0.6) is 5.75 Å². The van der Waals surface area contributed by atoms with Gasteiger partial charge in [0.25, 0.3) is 0 Å². The van der Waals surface area contributed by atoms with Gasteiger partial charge < -0.3 is 4.74 Å². The van der Waals surface area contributed by atoms with Crippen molar-refractivity contribution < 1.29 is 14.3 Å². The van der Waals surface area contributed by atoms with Crippen LogP contribution in [0.25, 0.3) is 10.8 Å². The molecule has 4 rings (SSSR count). The molecule has 0 bridgehead atoms. The zero-order valence-corrected chi connectivity index (χ0v) is 21.6. The summed E-state index contributed by atoms with van der Waals surface area (Å²) in [5.41, 5.74) is 1.42. The van der Waals surface area contributed by atoms with E-state index < -0.39 is 0 Å². The van der Waals surface area contributed by atoms with Gasteiger partial charge in [-0.1, -0.05) is 60.1 Å². The average Bonchev–Trinajstić information content (AvgIpc) is 2.84. The van der Waals surface area contributed by atoms with Crippen molar-refractivity contribution in [3.63, 3.8) is 0 Å². The molecule has 0 amide bonds. The Morgan fingerprint density at radius 2 is 1.62 bits per heavy atom. The number of rotatable bonds is 7. The van der Waals surface area contributed by atoms with E-state index in [1.165, 1.54) is 0 Å². The predicted molar refractivity (Wildman–Crippen MR) is 143 cm³/mol. The quantitative estimate of drug-likeness (QED) is 0.387. The Kier molecular flexibility index (Phi) is 10.3. The summed E-state index contributed by atoms with van der Waals surface area (Å²) in [5, 5.41) is 2.34. The van der Waals surface area contributed by atoms with Crippen molar-refractivity contribution in [1.82, 2.24) is 9.80 Å². The first-order chi connectivity index (χ1) is 15.5. The summed E-state index contributed by atoms with van der Waals surface area (Å²) >= 11 is 6.40. The molecule has 1 saturated heterocycles. The molecular formula is C26H29Cl3N2O3. The molecule has 0 aliphatic carbocycles. The lowest BCUT2D eigenvalue weighted by Gasteiger charge is -2.37.